The molecule has 106 valence electrons. The van der Waals surface area contributed by atoms with Gasteiger partial charge in [-0.2, -0.15) is 13.2 Å². The standard InChI is InChI=1S/C14H12ClF3N2/c1-9-2-4-11(19-7-9)8-20-13-6-10(14(16,17)18)3-5-12(13)15/h2-7,20H,8H2,1H3. The molecular weight excluding hydrogens is 289 g/mol. The van der Waals surface area contributed by atoms with E-state index in [-0.39, 0.29) is 10.7 Å². The predicted molar refractivity (Wildman–Crippen MR) is 72.8 cm³/mol. The van der Waals surface area contributed by atoms with Crippen LogP contribution >= 0.6 is 11.6 Å². The summed E-state index contributed by atoms with van der Waals surface area (Å²) < 4.78 is 37.9. The van der Waals surface area contributed by atoms with Crippen LogP contribution in [0.3, 0.4) is 0 Å². The summed E-state index contributed by atoms with van der Waals surface area (Å²) in [4.78, 5) is 4.17. The lowest BCUT2D eigenvalue weighted by molar-refractivity contribution is -0.137. The topological polar surface area (TPSA) is 24.9 Å². The van der Waals surface area contributed by atoms with Crippen LogP contribution < -0.4 is 5.32 Å². The van der Waals surface area contributed by atoms with Crippen molar-refractivity contribution in [3.05, 3.63) is 58.4 Å². The lowest BCUT2D eigenvalue weighted by Gasteiger charge is -2.12. The smallest absolute Gasteiger partial charge is 0.378 e. The summed E-state index contributed by atoms with van der Waals surface area (Å²) in [6.07, 6.45) is -2.69. The van der Waals surface area contributed by atoms with Crippen LogP contribution in [-0.2, 0) is 12.7 Å². The van der Waals surface area contributed by atoms with Crippen LogP contribution in [0, 0.1) is 6.92 Å². The van der Waals surface area contributed by atoms with Crippen molar-refractivity contribution in [3.8, 4) is 0 Å². The summed E-state index contributed by atoms with van der Waals surface area (Å²) in [5.74, 6) is 0. The fourth-order valence-corrected chi connectivity index (χ4v) is 1.81. The average molecular weight is 301 g/mol. The maximum absolute atomic E-state index is 12.6. The Morgan fingerprint density at radius 3 is 2.55 bits per heavy atom. The van der Waals surface area contributed by atoms with E-state index in [2.05, 4.69) is 10.3 Å². The Bertz CT molecular complexity index is 594. The minimum atomic E-state index is -4.39. The maximum atomic E-state index is 12.6. The average Bonchev–Trinajstić information content (AvgIpc) is 2.38. The molecule has 0 saturated carbocycles. The first-order valence-corrected chi connectivity index (χ1v) is 6.26. The third kappa shape index (κ3) is 3.63. The normalized spacial score (nSPS) is 11.4. The number of hydrogen-bond donors (Lipinski definition) is 1. The lowest BCUT2D eigenvalue weighted by Crippen LogP contribution is -2.07. The molecule has 2 nitrogen and oxygen atoms in total. The second-order valence-electron chi connectivity index (χ2n) is 4.37. The SMILES string of the molecule is Cc1ccc(CNc2cc(C(F)(F)F)ccc2Cl)nc1. The second kappa shape index (κ2) is 5.71. The minimum Gasteiger partial charge on any atom is -0.378 e. The molecule has 1 aromatic heterocycles. The van der Waals surface area contributed by atoms with Crippen molar-refractivity contribution >= 4 is 17.3 Å². The van der Waals surface area contributed by atoms with E-state index in [0.29, 0.717) is 6.54 Å². The first kappa shape index (κ1) is 14.7. The van der Waals surface area contributed by atoms with Gasteiger partial charge in [-0.1, -0.05) is 17.7 Å². The molecule has 0 amide bonds. The van der Waals surface area contributed by atoms with Crippen molar-refractivity contribution < 1.29 is 13.2 Å². The van der Waals surface area contributed by atoms with Crippen LogP contribution in [0.4, 0.5) is 18.9 Å². The number of anilines is 1. The summed E-state index contributed by atoms with van der Waals surface area (Å²) in [7, 11) is 0. The van der Waals surface area contributed by atoms with Gasteiger partial charge >= 0.3 is 6.18 Å². The van der Waals surface area contributed by atoms with Crippen LogP contribution in [0.5, 0.6) is 0 Å². The molecule has 0 bridgehead atoms. The summed E-state index contributed by atoms with van der Waals surface area (Å²) in [6.45, 7) is 2.22. The fraction of sp³-hybridized carbons (Fsp3) is 0.214. The monoisotopic (exact) mass is 300 g/mol. The van der Waals surface area contributed by atoms with Crippen LogP contribution in [0.2, 0.25) is 5.02 Å². The minimum absolute atomic E-state index is 0.240. The highest BCUT2D eigenvalue weighted by atomic mass is 35.5. The van der Waals surface area contributed by atoms with E-state index in [1.54, 1.807) is 6.20 Å². The Labute approximate surface area is 119 Å². The predicted octanol–water partition coefficient (Wildman–Crippen LogP) is 4.67. The van der Waals surface area contributed by atoms with Crippen molar-refractivity contribution in [2.24, 2.45) is 0 Å². The molecule has 0 saturated heterocycles. The molecule has 0 aliphatic heterocycles. The Kier molecular flexibility index (Phi) is 4.18. The third-order valence-corrected chi connectivity index (χ3v) is 3.06. The molecule has 0 radical (unpaired) electrons. The van der Waals surface area contributed by atoms with Gasteiger partial charge in [-0.05, 0) is 36.8 Å². The highest BCUT2D eigenvalue weighted by molar-refractivity contribution is 6.33. The zero-order valence-corrected chi connectivity index (χ0v) is 11.4. The van der Waals surface area contributed by atoms with Gasteiger partial charge in [-0.25, -0.2) is 0 Å². The van der Waals surface area contributed by atoms with Crippen LogP contribution in [0.15, 0.2) is 36.5 Å². The number of pyridine rings is 1. The molecule has 0 aliphatic carbocycles. The lowest BCUT2D eigenvalue weighted by atomic mass is 10.2. The Balaban J connectivity index is 2.14. The Hall–Kier alpha value is -1.75. The van der Waals surface area contributed by atoms with E-state index in [4.69, 9.17) is 11.6 Å². The van der Waals surface area contributed by atoms with E-state index in [1.807, 2.05) is 19.1 Å². The van der Waals surface area contributed by atoms with E-state index in [0.717, 1.165) is 23.4 Å². The first-order valence-electron chi connectivity index (χ1n) is 5.88. The molecule has 6 heteroatoms. The van der Waals surface area contributed by atoms with Crippen molar-refractivity contribution in [2.75, 3.05) is 5.32 Å². The molecular formula is C14H12ClF3N2. The van der Waals surface area contributed by atoms with Crippen LogP contribution in [0.25, 0.3) is 0 Å². The van der Waals surface area contributed by atoms with Gasteiger partial charge in [0, 0.05) is 6.20 Å². The van der Waals surface area contributed by atoms with Crippen molar-refractivity contribution in [1.29, 1.82) is 0 Å². The number of aromatic nitrogens is 1. The summed E-state index contributed by atoms with van der Waals surface area (Å²) >= 11 is 5.89. The molecule has 2 aromatic rings. The molecule has 1 heterocycles. The number of aryl methyl sites for hydroxylation is 1. The zero-order chi connectivity index (χ0) is 14.8. The molecule has 1 aromatic carbocycles. The molecule has 0 unspecified atom stereocenters. The Morgan fingerprint density at radius 2 is 1.95 bits per heavy atom. The van der Waals surface area contributed by atoms with Crippen LogP contribution in [0.1, 0.15) is 16.8 Å². The summed E-state index contributed by atoms with van der Waals surface area (Å²) in [6, 6.07) is 6.88. The van der Waals surface area contributed by atoms with Gasteiger partial charge in [0.25, 0.3) is 0 Å². The number of alkyl halides is 3. The number of nitrogens with one attached hydrogen (secondary N) is 1. The van der Waals surface area contributed by atoms with Gasteiger partial charge in [0.2, 0.25) is 0 Å². The van der Waals surface area contributed by atoms with E-state index in [1.165, 1.54) is 6.07 Å². The highest BCUT2D eigenvalue weighted by Gasteiger charge is 2.30. The van der Waals surface area contributed by atoms with Crippen LogP contribution in [-0.4, -0.2) is 4.98 Å². The van der Waals surface area contributed by atoms with Gasteiger partial charge < -0.3 is 5.32 Å². The van der Waals surface area contributed by atoms with Crippen molar-refractivity contribution in [2.45, 2.75) is 19.6 Å². The first-order chi connectivity index (χ1) is 9.36. The summed E-state index contributed by atoms with van der Waals surface area (Å²) in [5.41, 5.74) is 1.25. The van der Waals surface area contributed by atoms with Gasteiger partial charge in [-0.15, -0.1) is 0 Å². The number of hydrogen-bond acceptors (Lipinski definition) is 2. The number of nitrogens with zero attached hydrogens (tertiary/aromatic N) is 1. The highest BCUT2D eigenvalue weighted by Crippen LogP contribution is 2.33. The fourth-order valence-electron chi connectivity index (χ4n) is 1.63. The maximum Gasteiger partial charge on any atom is 0.416 e. The second-order valence-corrected chi connectivity index (χ2v) is 4.78. The van der Waals surface area contributed by atoms with Gasteiger partial charge in [0.05, 0.1) is 28.5 Å². The van der Waals surface area contributed by atoms with E-state index >= 15 is 0 Å². The molecule has 0 spiro atoms. The largest absolute Gasteiger partial charge is 0.416 e. The zero-order valence-electron chi connectivity index (χ0n) is 10.6. The summed E-state index contributed by atoms with van der Waals surface area (Å²) in [5, 5.41) is 3.11. The number of rotatable bonds is 3. The van der Waals surface area contributed by atoms with E-state index < -0.39 is 11.7 Å². The molecule has 20 heavy (non-hydrogen) atoms. The Morgan fingerprint density at radius 1 is 1.20 bits per heavy atom. The number of benzene rings is 1. The molecule has 1 N–H and O–H groups in total. The van der Waals surface area contributed by atoms with E-state index in [9.17, 15) is 13.2 Å². The van der Waals surface area contributed by atoms with Crippen molar-refractivity contribution in [3.63, 3.8) is 0 Å². The quantitative estimate of drug-likeness (QED) is 0.890. The molecule has 0 aliphatic rings. The van der Waals surface area contributed by atoms with Gasteiger partial charge in [0.15, 0.2) is 0 Å². The van der Waals surface area contributed by atoms with Gasteiger partial charge in [-0.3, -0.25) is 4.98 Å². The number of halogens is 4. The molecule has 2 rings (SSSR count). The van der Waals surface area contributed by atoms with Gasteiger partial charge in [0.1, 0.15) is 0 Å². The molecule has 0 atom stereocenters. The molecule has 0 fully saturated rings. The van der Waals surface area contributed by atoms with Crippen molar-refractivity contribution in [1.82, 2.24) is 4.98 Å². The third-order valence-electron chi connectivity index (χ3n) is 2.73.